The Morgan fingerprint density at radius 1 is 1.45 bits per heavy atom. The summed E-state index contributed by atoms with van der Waals surface area (Å²) < 4.78 is 0. The third-order valence-electron chi connectivity index (χ3n) is 4.30. The van der Waals surface area contributed by atoms with E-state index in [4.69, 9.17) is 0 Å². The topological polar surface area (TPSA) is 83.7 Å². The summed E-state index contributed by atoms with van der Waals surface area (Å²) in [6.45, 7) is 0.578. The number of benzene rings is 1. The maximum Gasteiger partial charge on any atom is 0.269 e. The van der Waals surface area contributed by atoms with Crippen molar-refractivity contribution < 1.29 is 14.8 Å². The highest BCUT2D eigenvalue weighted by Crippen LogP contribution is 2.26. The highest BCUT2D eigenvalue weighted by molar-refractivity contribution is 5.76. The fourth-order valence-corrected chi connectivity index (χ4v) is 2.95. The Morgan fingerprint density at radius 3 is 2.86 bits per heavy atom. The fourth-order valence-electron chi connectivity index (χ4n) is 2.95. The third-order valence-corrected chi connectivity index (χ3v) is 4.30. The molecule has 0 heterocycles. The molecule has 1 fully saturated rings. The number of hydrogen-bond acceptors (Lipinski definition) is 4. The molecule has 1 N–H and O–H groups in total. The van der Waals surface area contributed by atoms with Crippen LogP contribution in [-0.4, -0.2) is 40.5 Å². The van der Waals surface area contributed by atoms with E-state index in [2.05, 4.69) is 0 Å². The average molecular weight is 306 g/mol. The molecule has 0 spiro atoms. The van der Waals surface area contributed by atoms with Crippen molar-refractivity contribution in [3.05, 3.63) is 39.9 Å². The lowest BCUT2D eigenvalue weighted by Crippen LogP contribution is -2.34. The lowest BCUT2D eigenvalue weighted by molar-refractivity contribution is -0.384. The number of rotatable bonds is 6. The van der Waals surface area contributed by atoms with Gasteiger partial charge in [-0.3, -0.25) is 14.9 Å². The minimum Gasteiger partial charge on any atom is -0.393 e. The first-order valence-corrected chi connectivity index (χ1v) is 7.62. The third kappa shape index (κ3) is 4.27. The van der Waals surface area contributed by atoms with Gasteiger partial charge in [0.1, 0.15) is 0 Å². The predicted molar refractivity (Wildman–Crippen MR) is 82.4 cm³/mol. The van der Waals surface area contributed by atoms with Gasteiger partial charge < -0.3 is 10.0 Å². The summed E-state index contributed by atoms with van der Waals surface area (Å²) in [5.41, 5.74) is 0.837. The number of nitro groups is 1. The molecule has 120 valence electrons. The molecule has 1 saturated carbocycles. The maximum absolute atomic E-state index is 12.1. The second-order valence-electron chi connectivity index (χ2n) is 5.96. The molecule has 1 aromatic rings. The number of carbonyl (C=O) groups excluding carboxylic acids is 1. The largest absolute Gasteiger partial charge is 0.393 e. The van der Waals surface area contributed by atoms with Crippen LogP contribution in [0.4, 0.5) is 5.69 Å². The van der Waals surface area contributed by atoms with Gasteiger partial charge in [0.25, 0.3) is 5.69 Å². The molecule has 22 heavy (non-hydrogen) atoms. The van der Waals surface area contributed by atoms with E-state index in [0.29, 0.717) is 19.4 Å². The van der Waals surface area contributed by atoms with Crippen LogP contribution in [0, 0.1) is 16.0 Å². The van der Waals surface area contributed by atoms with E-state index in [-0.39, 0.29) is 23.6 Å². The summed E-state index contributed by atoms with van der Waals surface area (Å²) >= 11 is 0. The van der Waals surface area contributed by atoms with Crippen LogP contribution in [0.2, 0.25) is 0 Å². The van der Waals surface area contributed by atoms with Gasteiger partial charge in [0.2, 0.25) is 5.91 Å². The summed E-state index contributed by atoms with van der Waals surface area (Å²) in [6, 6.07) is 6.38. The molecule has 0 radical (unpaired) electrons. The van der Waals surface area contributed by atoms with E-state index >= 15 is 0 Å². The van der Waals surface area contributed by atoms with Crippen molar-refractivity contribution in [1.29, 1.82) is 0 Å². The van der Waals surface area contributed by atoms with Gasteiger partial charge in [0.05, 0.1) is 11.0 Å². The Labute approximate surface area is 129 Å². The van der Waals surface area contributed by atoms with Crippen molar-refractivity contribution in [1.82, 2.24) is 4.90 Å². The molecule has 1 amide bonds. The lowest BCUT2D eigenvalue weighted by atomic mass is 10.0. The van der Waals surface area contributed by atoms with Crippen molar-refractivity contribution in [2.24, 2.45) is 5.92 Å². The lowest BCUT2D eigenvalue weighted by Gasteiger charge is -2.23. The zero-order valence-electron chi connectivity index (χ0n) is 12.8. The van der Waals surface area contributed by atoms with Crippen molar-refractivity contribution in [2.75, 3.05) is 13.6 Å². The average Bonchev–Trinajstić information content (AvgIpc) is 2.90. The van der Waals surface area contributed by atoms with Crippen LogP contribution in [-0.2, 0) is 11.2 Å². The maximum atomic E-state index is 12.1. The first-order chi connectivity index (χ1) is 10.5. The number of hydrogen-bond donors (Lipinski definition) is 1. The summed E-state index contributed by atoms with van der Waals surface area (Å²) in [5.74, 6) is 0.178. The van der Waals surface area contributed by atoms with Gasteiger partial charge in [-0.1, -0.05) is 18.6 Å². The van der Waals surface area contributed by atoms with Gasteiger partial charge >= 0.3 is 0 Å². The Morgan fingerprint density at radius 2 is 2.23 bits per heavy atom. The highest BCUT2D eigenvalue weighted by Gasteiger charge is 2.27. The number of amides is 1. The summed E-state index contributed by atoms with van der Waals surface area (Å²) in [6.07, 6.45) is 3.30. The van der Waals surface area contributed by atoms with Gasteiger partial charge in [0, 0.05) is 38.1 Å². The van der Waals surface area contributed by atoms with E-state index in [1.807, 2.05) is 0 Å². The van der Waals surface area contributed by atoms with E-state index < -0.39 is 4.92 Å². The Kier molecular flexibility index (Phi) is 5.49. The number of nitrogens with zero attached hydrogens (tertiary/aromatic N) is 2. The zero-order chi connectivity index (χ0) is 16.1. The molecule has 0 bridgehead atoms. The first-order valence-electron chi connectivity index (χ1n) is 7.62. The van der Waals surface area contributed by atoms with Crippen LogP contribution in [0.5, 0.6) is 0 Å². The number of aliphatic hydroxyl groups excluding tert-OH is 1. The molecular weight excluding hydrogens is 284 g/mol. The molecule has 1 aliphatic carbocycles. The van der Waals surface area contributed by atoms with Crippen LogP contribution in [0.15, 0.2) is 24.3 Å². The Hall–Kier alpha value is -1.95. The molecule has 0 aromatic heterocycles. The first kappa shape index (κ1) is 16.4. The number of carbonyl (C=O) groups is 1. The number of nitro benzene ring substituents is 1. The predicted octanol–water partition coefficient (Wildman–Crippen LogP) is 2.15. The van der Waals surface area contributed by atoms with Gasteiger partial charge in [-0.25, -0.2) is 0 Å². The van der Waals surface area contributed by atoms with Gasteiger partial charge in [0.15, 0.2) is 0 Å². The SMILES string of the molecule is CN(CC1CCCC1O)C(=O)CCc1cccc([N+](=O)[O-])c1. The van der Waals surface area contributed by atoms with Crippen LogP contribution >= 0.6 is 0 Å². The summed E-state index contributed by atoms with van der Waals surface area (Å²) in [4.78, 5) is 24.1. The molecule has 0 aliphatic heterocycles. The second-order valence-corrected chi connectivity index (χ2v) is 5.96. The van der Waals surface area contributed by atoms with Gasteiger partial charge in [-0.15, -0.1) is 0 Å². The number of aliphatic hydroxyl groups is 1. The van der Waals surface area contributed by atoms with Crippen LogP contribution in [0.3, 0.4) is 0 Å². The monoisotopic (exact) mass is 306 g/mol. The van der Waals surface area contributed by atoms with Crippen LogP contribution in [0.25, 0.3) is 0 Å². The molecule has 6 heteroatoms. The molecule has 1 aliphatic rings. The van der Waals surface area contributed by atoms with Crippen molar-refractivity contribution >= 4 is 11.6 Å². The normalized spacial score (nSPS) is 20.8. The van der Waals surface area contributed by atoms with E-state index in [0.717, 1.165) is 24.8 Å². The number of aryl methyl sites for hydroxylation is 1. The second kappa shape index (κ2) is 7.35. The molecule has 2 unspecified atom stereocenters. The minimum atomic E-state index is -0.432. The van der Waals surface area contributed by atoms with Crippen LogP contribution in [0.1, 0.15) is 31.2 Å². The van der Waals surface area contributed by atoms with E-state index in [1.54, 1.807) is 24.1 Å². The zero-order valence-corrected chi connectivity index (χ0v) is 12.8. The van der Waals surface area contributed by atoms with Crippen molar-refractivity contribution in [3.8, 4) is 0 Å². The Balaban J connectivity index is 1.84. The van der Waals surface area contributed by atoms with Crippen molar-refractivity contribution in [2.45, 2.75) is 38.2 Å². The smallest absolute Gasteiger partial charge is 0.269 e. The molecular formula is C16H22N2O4. The summed E-state index contributed by atoms with van der Waals surface area (Å²) in [5, 5.41) is 20.5. The van der Waals surface area contributed by atoms with E-state index in [9.17, 15) is 20.0 Å². The standard InChI is InChI=1S/C16H22N2O4/c1-17(11-13-5-3-7-15(13)19)16(20)9-8-12-4-2-6-14(10-12)18(21)22/h2,4,6,10,13,15,19H,3,5,7-9,11H2,1H3. The van der Waals surface area contributed by atoms with Crippen LogP contribution < -0.4 is 0 Å². The number of non-ortho nitro benzene ring substituents is 1. The van der Waals surface area contributed by atoms with Gasteiger partial charge in [-0.05, 0) is 24.8 Å². The molecule has 0 saturated heterocycles. The van der Waals surface area contributed by atoms with Gasteiger partial charge in [-0.2, -0.15) is 0 Å². The summed E-state index contributed by atoms with van der Waals surface area (Å²) in [7, 11) is 1.75. The molecule has 1 aromatic carbocycles. The van der Waals surface area contributed by atoms with E-state index in [1.165, 1.54) is 12.1 Å². The Bertz CT molecular complexity index is 547. The minimum absolute atomic E-state index is 0.00519. The highest BCUT2D eigenvalue weighted by atomic mass is 16.6. The molecule has 6 nitrogen and oxygen atoms in total. The molecule has 2 rings (SSSR count). The quantitative estimate of drug-likeness (QED) is 0.644. The van der Waals surface area contributed by atoms with Crippen molar-refractivity contribution in [3.63, 3.8) is 0 Å². The fraction of sp³-hybridized carbons (Fsp3) is 0.562. The molecule has 2 atom stereocenters.